The van der Waals surface area contributed by atoms with Crippen LogP contribution in [0.4, 0.5) is 0 Å². The number of hydrazone groups is 1. The van der Waals surface area contributed by atoms with E-state index in [1.807, 2.05) is 66.7 Å². The van der Waals surface area contributed by atoms with Gasteiger partial charge in [-0.3, -0.25) is 4.79 Å². The maximum Gasteiger partial charge on any atom is 0.280 e. The molecule has 1 aliphatic rings. The fraction of sp³-hybridized carbons (Fsp3) is 0.143. The van der Waals surface area contributed by atoms with Crippen molar-refractivity contribution < 1.29 is 9.53 Å². The topological polar surface area (TPSA) is 41.9 Å². The number of ether oxygens (including phenoxy) is 1. The fourth-order valence-electron chi connectivity index (χ4n) is 3.01. The van der Waals surface area contributed by atoms with Gasteiger partial charge in [0.2, 0.25) is 0 Å². The molecule has 3 aromatic rings. The van der Waals surface area contributed by atoms with Crippen LogP contribution < -0.4 is 4.74 Å². The number of benzene rings is 3. The van der Waals surface area contributed by atoms with E-state index in [9.17, 15) is 4.79 Å². The maximum absolute atomic E-state index is 12.4. The Bertz CT molecular complexity index is 986. The SMILES string of the molecule is O=C(COc1ccc2ccccc2c1Br)N1CCC(c2ccccc2)=N1. The number of carbonyl (C=O) groups excluding carboxylic acids is 1. The van der Waals surface area contributed by atoms with E-state index >= 15 is 0 Å². The van der Waals surface area contributed by atoms with Crippen molar-refractivity contribution in [2.75, 3.05) is 13.2 Å². The molecule has 0 bridgehead atoms. The molecule has 0 N–H and O–H groups in total. The third kappa shape index (κ3) is 3.35. The third-order valence-corrected chi connectivity index (χ3v) is 5.19. The lowest BCUT2D eigenvalue weighted by molar-refractivity contribution is -0.132. The van der Waals surface area contributed by atoms with E-state index in [0.717, 1.165) is 32.9 Å². The molecular weight excluding hydrogens is 392 g/mol. The smallest absolute Gasteiger partial charge is 0.280 e. The van der Waals surface area contributed by atoms with Gasteiger partial charge in [0.05, 0.1) is 16.7 Å². The molecule has 0 aromatic heterocycles. The molecule has 130 valence electrons. The predicted octanol–water partition coefficient (Wildman–Crippen LogP) is 4.62. The number of nitrogens with zero attached hydrogens (tertiary/aromatic N) is 2. The summed E-state index contributed by atoms with van der Waals surface area (Å²) < 4.78 is 6.61. The van der Waals surface area contributed by atoms with Crippen molar-refractivity contribution in [3.05, 3.63) is 76.8 Å². The summed E-state index contributed by atoms with van der Waals surface area (Å²) in [7, 11) is 0. The average Bonchev–Trinajstić information content (AvgIpc) is 3.18. The Morgan fingerprint density at radius 3 is 2.65 bits per heavy atom. The summed E-state index contributed by atoms with van der Waals surface area (Å²) in [6.07, 6.45) is 0.759. The number of carbonyl (C=O) groups is 1. The second kappa shape index (κ2) is 7.30. The molecule has 0 spiro atoms. The van der Waals surface area contributed by atoms with E-state index in [1.165, 1.54) is 5.01 Å². The van der Waals surface area contributed by atoms with Crippen molar-refractivity contribution in [3.63, 3.8) is 0 Å². The highest BCUT2D eigenvalue weighted by Crippen LogP contribution is 2.33. The van der Waals surface area contributed by atoms with Gasteiger partial charge in [-0.15, -0.1) is 0 Å². The number of fused-ring (bicyclic) bond motifs is 1. The minimum Gasteiger partial charge on any atom is -0.482 e. The van der Waals surface area contributed by atoms with Gasteiger partial charge in [-0.05, 0) is 38.3 Å². The van der Waals surface area contributed by atoms with Crippen LogP contribution in [0.1, 0.15) is 12.0 Å². The molecule has 0 radical (unpaired) electrons. The molecule has 0 saturated heterocycles. The molecule has 0 aliphatic carbocycles. The monoisotopic (exact) mass is 408 g/mol. The van der Waals surface area contributed by atoms with Gasteiger partial charge in [0.1, 0.15) is 5.75 Å². The Morgan fingerprint density at radius 2 is 1.81 bits per heavy atom. The highest BCUT2D eigenvalue weighted by Gasteiger charge is 2.22. The zero-order valence-electron chi connectivity index (χ0n) is 14.1. The van der Waals surface area contributed by atoms with Crippen molar-refractivity contribution in [3.8, 4) is 5.75 Å². The minimum atomic E-state index is -0.143. The largest absolute Gasteiger partial charge is 0.482 e. The number of hydrogen-bond acceptors (Lipinski definition) is 3. The normalized spacial score (nSPS) is 13.7. The standard InChI is InChI=1S/C21H17BrN2O2/c22-21-17-9-5-4-6-15(17)10-11-19(21)26-14-20(25)24-13-12-18(23-24)16-7-2-1-3-8-16/h1-11H,12-14H2. The molecule has 4 nitrogen and oxygen atoms in total. The van der Waals surface area contributed by atoms with Crippen LogP contribution in [0.2, 0.25) is 0 Å². The van der Waals surface area contributed by atoms with Gasteiger partial charge in [-0.25, -0.2) is 5.01 Å². The highest BCUT2D eigenvalue weighted by atomic mass is 79.9. The van der Waals surface area contributed by atoms with E-state index in [4.69, 9.17) is 4.74 Å². The van der Waals surface area contributed by atoms with Crippen LogP contribution in [0.15, 0.2) is 76.3 Å². The lowest BCUT2D eigenvalue weighted by Crippen LogP contribution is -2.28. The lowest BCUT2D eigenvalue weighted by Gasteiger charge is -2.14. The molecule has 5 heteroatoms. The maximum atomic E-state index is 12.4. The molecule has 3 aromatic carbocycles. The van der Waals surface area contributed by atoms with Crippen LogP contribution in [0.25, 0.3) is 10.8 Å². The van der Waals surface area contributed by atoms with Gasteiger partial charge in [0.25, 0.3) is 5.91 Å². The van der Waals surface area contributed by atoms with E-state index < -0.39 is 0 Å². The minimum absolute atomic E-state index is 0.0392. The first-order valence-electron chi connectivity index (χ1n) is 8.46. The van der Waals surface area contributed by atoms with Crippen molar-refractivity contribution in [1.29, 1.82) is 0 Å². The van der Waals surface area contributed by atoms with Gasteiger partial charge in [0.15, 0.2) is 6.61 Å². The van der Waals surface area contributed by atoms with E-state index in [2.05, 4.69) is 21.0 Å². The predicted molar refractivity (Wildman–Crippen MR) is 106 cm³/mol. The number of halogens is 1. The molecule has 4 rings (SSSR count). The summed E-state index contributed by atoms with van der Waals surface area (Å²) in [5.74, 6) is 0.513. The van der Waals surface area contributed by atoms with Crippen LogP contribution in [0.3, 0.4) is 0 Å². The van der Waals surface area contributed by atoms with Crippen molar-refractivity contribution in [2.45, 2.75) is 6.42 Å². The molecular formula is C21H17BrN2O2. The van der Waals surface area contributed by atoms with Crippen molar-refractivity contribution in [1.82, 2.24) is 5.01 Å². The highest BCUT2D eigenvalue weighted by molar-refractivity contribution is 9.10. The van der Waals surface area contributed by atoms with Gasteiger partial charge < -0.3 is 4.74 Å². The van der Waals surface area contributed by atoms with E-state index in [-0.39, 0.29) is 12.5 Å². The van der Waals surface area contributed by atoms with Crippen LogP contribution in [-0.2, 0) is 4.79 Å². The number of rotatable bonds is 4. The Hall–Kier alpha value is -2.66. The molecule has 0 fully saturated rings. The lowest BCUT2D eigenvalue weighted by atomic mass is 10.1. The zero-order chi connectivity index (χ0) is 17.9. The summed E-state index contributed by atoms with van der Waals surface area (Å²) >= 11 is 3.58. The third-order valence-electron chi connectivity index (χ3n) is 4.38. The van der Waals surface area contributed by atoms with Gasteiger partial charge in [-0.2, -0.15) is 5.10 Å². The second-order valence-corrected chi connectivity index (χ2v) is 6.86. The molecule has 1 amide bonds. The van der Waals surface area contributed by atoms with Crippen LogP contribution in [-0.4, -0.2) is 29.8 Å². The number of hydrogen-bond donors (Lipinski definition) is 0. The molecule has 1 heterocycles. The number of amides is 1. The Balaban J connectivity index is 1.45. The first-order chi connectivity index (χ1) is 12.7. The van der Waals surface area contributed by atoms with E-state index in [1.54, 1.807) is 0 Å². The zero-order valence-corrected chi connectivity index (χ0v) is 15.6. The van der Waals surface area contributed by atoms with Crippen molar-refractivity contribution in [2.24, 2.45) is 5.10 Å². The summed E-state index contributed by atoms with van der Waals surface area (Å²) in [5, 5.41) is 8.13. The molecule has 26 heavy (non-hydrogen) atoms. The average molecular weight is 409 g/mol. The Labute approximate surface area is 160 Å². The second-order valence-electron chi connectivity index (χ2n) is 6.07. The van der Waals surface area contributed by atoms with Crippen LogP contribution >= 0.6 is 15.9 Å². The Kier molecular flexibility index (Phi) is 4.71. The first-order valence-corrected chi connectivity index (χ1v) is 9.25. The van der Waals surface area contributed by atoms with Crippen LogP contribution in [0, 0.1) is 0 Å². The van der Waals surface area contributed by atoms with Crippen LogP contribution in [0.5, 0.6) is 5.75 Å². The molecule has 1 aliphatic heterocycles. The van der Waals surface area contributed by atoms with Crippen molar-refractivity contribution >= 4 is 38.3 Å². The van der Waals surface area contributed by atoms with Gasteiger partial charge >= 0.3 is 0 Å². The van der Waals surface area contributed by atoms with Gasteiger partial charge in [0, 0.05) is 6.42 Å². The molecule has 0 saturated carbocycles. The Morgan fingerprint density at radius 1 is 1.04 bits per heavy atom. The fourth-order valence-corrected chi connectivity index (χ4v) is 3.62. The molecule has 0 atom stereocenters. The first kappa shape index (κ1) is 16.8. The summed E-state index contributed by atoms with van der Waals surface area (Å²) in [6.45, 7) is 0.549. The summed E-state index contributed by atoms with van der Waals surface area (Å²) in [4.78, 5) is 12.4. The van der Waals surface area contributed by atoms with Gasteiger partial charge in [-0.1, -0.05) is 60.7 Å². The summed E-state index contributed by atoms with van der Waals surface area (Å²) in [6, 6.07) is 21.8. The summed E-state index contributed by atoms with van der Waals surface area (Å²) in [5.41, 5.74) is 1.99. The molecule has 0 unspecified atom stereocenters. The quantitative estimate of drug-likeness (QED) is 0.631. The van der Waals surface area contributed by atoms with E-state index in [0.29, 0.717) is 12.3 Å².